The topological polar surface area (TPSA) is 18.5 Å². The van der Waals surface area contributed by atoms with Crippen molar-refractivity contribution in [3.05, 3.63) is 0 Å². The monoisotopic (exact) mass is 138 g/mol. The van der Waals surface area contributed by atoms with Crippen LogP contribution in [-0.2, 0) is 9.47 Å². The van der Waals surface area contributed by atoms with Crippen LogP contribution in [0.4, 0.5) is 0 Å². The van der Waals surface area contributed by atoms with Crippen LogP contribution in [-0.4, -0.2) is 18.3 Å². The molecule has 0 bridgehead atoms. The Morgan fingerprint density at radius 2 is 2.00 bits per heavy atom. The lowest BCUT2D eigenvalue weighted by Gasteiger charge is -2.17. The highest BCUT2D eigenvalue weighted by molar-refractivity contribution is 7.80. The van der Waals surface area contributed by atoms with E-state index < -0.39 is 0 Å². The summed E-state index contributed by atoms with van der Waals surface area (Å²) < 4.78 is 9.86. The summed E-state index contributed by atoms with van der Waals surface area (Å²) in [6.45, 7) is 0. The van der Waals surface area contributed by atoms with Crippen molar-refractivity contribution in [3.8, 4) is 0 Å². The zero-order valence-corrected chi connectivity index (χ0v) is 5.65. The van der Waals surface area contributed by atoms with Gasteiger partial charge >= 0.3 is 0 Å². The predicted molar refractivity (Wildman–Crippen MR) is 33.0 cm³/mol. The van der Waals surface area contributed by atoms with Crippen LogP contribution in [0.3, 0.4) is 0 Å². The molecular weight excluding hydrogens is 131 g/mol. The quantitative estimate of drug-likeness (QED) is 0.395. The molecular formula is C3H7O2PS. The number of ether oxygens (including phenoxy) is 2. The van der Waals surface area contributed by atoms with Crippen molar-refractivity contribution in [1.29, 1.82) is 0 Å². The van der Waals surface area contributed by atoms with Crippen molar-refractivity contribution in [2.24, 2.45) is 0 Å². The predicted octanol–water partition coefficient (Wildman–Crippen LogP) is 0.840. The average molecular weight is 138 g/mol. The molecule has 4 heteroatoms. The van der Waals surface area contributed by atoms with E-state index in [4.69, 9.17) is 9.47 Å². The molecule has 1 fully saturated rings. The van der Waals surface area contributed by atoms with Crippen molar-refractivity contribution < 1.29 is 9.47 Å². The number of hydrogen-bond donors (Lipinski definition) is 1. The third-order valence-electron chi connectivity index (χ3n) is 0.656. The Morgan fingerprint density at radius 3 is 2.29 bits per heavy atom. The summed E-state index contributed by atoms with van der Waals surface area (Å²) in [5, 5.41) is 0. The second-order valence-electron chi connectivity index (χ2n) is 1.18. The van der Waals surface area contributed by atoms with Gasteiger partial charge in [-0.25, -0.2) is 0 Å². The maximum absolute atomic E-state index is 4.93. The minimum atomic E-state index is -0.263. The van der Waals surface area contributed by atoms with Gasteiger partial charge in [-0.2, -0.15) is 0 Å². The average Bonchev–Trinajstić information content (AvgIpc) is 1.69. The largest absolute Gasteiger partial charge is 0.339 e. The van der Waals surface area contributed by atoms with E-state index in [0.717, 1.165) is 21.3 Å². The molecule has 0 N–H and O–H groups in total. The maximum atomic E-state index is 4.93. The lowest BCUT2D eigenvalue weighted by Crippen LogP contribution is -2.13. The van der Waals surface area contributed by atoms with Gasteiger partial charge in [-0.05, 0) is 0 Å². The van der Waals surface area contributed by atoms with E-state index in [2.05, 4.69) is 12.6 Å². The summed E-state index contributed by atoms with van der Waals surface area (Å²) in [6.07, 6.45) is 1.63. The highest BCUT2D eigenvalue weighted by atomic mass is 32.1. The molecule has 42 valence electrons. The van der Waals surface area contributed by atoms with Gasteiger partial charge in [0.25, 0.3) is 0 Å². The van der Waals surface area contributed by atoms with Gasteiger partial charge in [0, 0.05) is 0 Å². The number of thiol groups is 1. The molecule has 0 aliphatic carbocycles. The molecule has 0 aromatic heterocycles. The van der Waals surface area contributed by atoms with Gasteiger partial charge in [0.1, 0.15) is 0 Å². The molecule has 0 aromatic carbocycles. The fourth-order valence-corrected chi connectivity index (χ4v) is 1.40. The highest BCUT2D eigenvalue weighted by Gasteiger charge is 2.06. The molecule has 1 aliphatic rings. The van der Waals surface area contributed by atoms with Crippen LogP contribution in [0.1, 0.15) is 0 Å². The first kappa shape index (κ1) is 5.83. The van der Waals surface area contributed by atoms with Gasteiger partial charge in [0.2, 0.25) is 5.62 Å². The Kier molecular flexibility index (Phi) is 2.40. The van der Waals surface area contributed by atoms with E-state index in [1.807, 2.05) is 0 Å². The summed E-state index contributed by atoms with van der Waals surface area (Å²) in [7, 11) is 0.794. The van der Waals surface area contributed by atoms with E-state index in [-0.39, 0.29) is 5.62 Å². The smallest absolute Gasteiger partial charge is 0.204 e. The van der Waals surface area contributed by atoms with Crippen LogP contribution in [0.2, 0.25) is 0 Å². The van der Waals surface area contributed by atoms with Crippen LogP contribution in [0.5, 0.6) is 0 Å². The van der Waals surface area contributed by atoms with Gasteiger partial charge in [0.15, 0.2) is 0 Å². The molecule has 1 saturated heterocycles. The van der Waals surface area contributed by atoms with E-state index in [1.165, 1.54) is 0 Å². The fourth-order valence-electron chi connectivity index (χ4n) is 0.350. The summed E-state index contributed by atoms with van der Waals surface area (Å²) in [4.78, 5) is 0. The second kappa shape index (κ2) is 2.88. The van der Waals surface area contributed by atoms with Crippen molar-refractivity contribution in [3.63, 3.8) is 0 Å². The summed E-state index contributed by atoms with van der Waals surface area (Å²) >= 11 is 3.92. The first-order valence-corrected chi connectivity index (χ1v) is 3.94. The molecule has 0 saturated carbocycles. The van der Waals surface area contributed by atoms with Crippen molar-refractivity contribution in [1.82, 2.24) is 0 Å². The van der Waals surface area contributed by atoms with Gasteiger partial charge in [-0.15, -0.1) is 12.6 Å². The maximum Gasteiger partial charge on any atom is 0.204 e. The Morgan fingerprint density at radius 1 is 1.43 bits per heavy atom. The lowest BCUT2D eigenvalue weighted by molar-refractivity contribution is -0.0609. The first-order chi connectivity index (χ1) is 3.39. The molecule has 0 amide bonds. The van der Waals surface area contributed by atoms with Gasteiger partial charge in [-0.1, -0.05) is 8.58 Å². The van der Waals surface area contributed by atoms with Crippen LogP contribution >= 0.6 is 21.2 Å². The molecule has 0 unspecified atom stereocenters. The summed E-state index contributed by atoms with van der Waals surface area (Å²) in [5.41, 5.74) is -0.263. The van der Waals surface area contributed by atoms with Crippen molar-refractivity contribution in [2.75, 3.05) is 12.7 Å². The standard InChI is InChI=1S/C3H7O2PS/c7-3-4-1-6-2-5-3/h3,6-7H,1-2H2. The second-order valence-corrected chi connectivity index (χ2v) is 2.68. The molecule has 1 heterocycles. The zero-order valence-electron chi connectivity index (χ0n) is 3.76. The Balaban J connectivity index is 2.12. The van der Waals surface area contributed by atoms with Crippen LogP contribution < -0.4 is 0 Å². The number of hydrogen-bond acceptors (Lipinski definition) is 3. The molecule has 1 rings (SSSR count). The molecule has 2 nitrogen and oxygen atoms in total. The Labute approximate surface area is 49.8 Å². The fraction of sp³-hybridized carbons (Fsp3) is 1.00. The van der Waals surface area contributed by atoms with Crippen LogP contribution in [0.25, 0.3) is 0 Å². The van der Waals surface area contributed by atoms with E-state index in [9.17, 15) is 0 Å². The van der Waals surface area contributed by atoms with Crippen LogP contribution in [0, 0.1) is 0 Å². The normalized spacial score (nSPS) is 36.4. The molecule has 0 atom stereocenters. The molecule has 7 heavy (non-hydrogen) atoms. The Hall–Kier alpha value is 0.700. The van der Waals surface area contributed by atoms with E-state index in [0.29, 0.717) is 0 Å². The number of rotatable bonds is 0. The van der Waals surface area contributed by atoms with E-state index in [1.54, 1.807) is 0 Å². The van der Waals surface area contributed by atoms with Gasteiger partial charge in [0.05, 0.1) is 12.7 Å². The molecule has 0 spiro atoms. The minimum Gasteiger partial charge on any atom is -0.339 e. The Bertz CT molecular complexity index is 54.9. The summed E-state index contributed by atoms with van der Waals surface area (Å²) in [5.74, 6) is 0. The van der Waals surface area contributed by atoms with Crippen molar-refractivity contribution in [2.45, 2.75) is 5.62 Å². The lowest BCUT2D eigenvalue weighted by atomic mass is 11.3. The summed E-state index contributed by atoms with van der Waals surface area (Å²) in [6, 6.07) is 0. The first-order valence-electron chi connectivity index (χ1n) is 2.01. The SMILES string of the molecule is SC1OCPCO1. The highest BCUT2D eigenvalue weighted by Crippen LogP contribution is 2.20. The molecule has 1 aliphatic heterocycles. The van der Waals surface area contributed by atoms with Crippen molar-refractivity contribution >= 4 is 21.2 Å². The van der Waals surface area contributed by atoms with Gasteiger partial charge in [-0.3, -0.25) is 0 Å². The van der Waals surface area contributed by atoms with E-state index >= 15 is 0 Å². The third-order valence-corrected chi connectivity index (χ3v) is 1.70. The third kappa shape index (κ3) is 1.96. The van der Waals surface area contributed by atoms with Crippen LogP contribution in [0.15, 0.2) is 0 Å². The molecule has 0 radical (unpaired) electrons. The van der Waals surface area contributed by atoms with Gasteiger partial charge < -0.3 is 9.47 Å². The zero-order chi connectivity index (χ0) is 5.11. The molecule has 0 aromatic rings. The minimum absolute atomic E-state index is 0.263.